The average Bonchev–Trinajstić information content (AvgIpc) is 2.74. The zero-order valence-corrected chi connectivity index (χ0v) is 15.3. The number of carbonyl (C=O) groups is 1. The summed E-state index contributed by atoms with van der Waals surface area (Å²) in [5.74, 6) is -1.20. The van der Waals surface area contributed by atoms with Crippen LogP contribution in [-0.2, 0) is 6.54 Å². The van der Waals surface area contributed by atoms with E-state index in [2.05, 4.69) is 10.3 Å². The van der Waals surface area contributed by atoms with Crippen LogP contribution in [0.4, 0.5) is 10.1 Å². The summed E-state index contributed by atoms with van der Waals surface area (Å²) in [6.07, 6.45) is 4.84. The number of rotatable bonds is 5. The van der Waals surface area contributed by atoms with Gasteiger partial charge < -0.3 is 15.6 Å². The number of benzene rings is 2. The molecule has 2 aromatic carbocycles. The van der Waals surface area contributed by atoms with Crippen molar-refractivity contribution in [3.05, 3.63) is 100 Å². The molecule has 2 heterocycles. The number of fused-ring (bicyclic) bond motifs is 1. The van der Waals surface area contributed by atoms with E-state index in [1.165, 1.54) is 18.3 Å². The van der Waals surface area contributed by atoms with Crippen LogP contribution >= 0.6 is 0 Å². The molecule has 144 valence electrons. The Bertz CT molecular complexity index is 1250. The molecule has 2 aromatic heterocycles. The fourth-order valence-corrected chi connectivity index (χ4v) is 3.14. The highest BCUT2D eigenvalue weighted by Gasteiger charge is 2.14. The van der Waals surface area contributed by atoms with E-state index in [1.54, 1.807) is 41.2 Å². The summed E-state index contributed by atoms with van der Waals surface area (Å²) in [6, 6.07) is 14.8. The lowest BCUT2D eigenvalue weighted by molar-refractivity contribution is 0.0999. The van der Waals surface area contributed by atoms with Gasteiger partial charge in [-0.2, -0.15) is 0 Å². The van der Waals surface area contributed by atoms with Crippen molar-refractivity contribution in [3.8, 4) is 5.69 Å². The SMILES string of the molecule is NC(=O)c1cn(-c2ccc(F)cc2)c2ccc(NCc3cccnc3)cc2c1=O. The number of primary amides is 1. The van der Waals surface area contributed by atoms with Crippen molar-refractivity contribution in [2.45, 2.75) is 6.54 Å². The van der Waals surface area contributed by atoms with Crippen LogP contribution in [0.25, 0.3) is 16.6 Å². The van der Waals surface area contributed by atoms with Crippen LogP contribution in [0, 0.1) is 5.82 Å². The summed E-state index contributed by atoms with van der Waals surface area (Å²) >= 11 is 0. The molecule has 6 nitrogen and oxygen atoms in total. The minimum Gasteiger partial charge on any atom is -0.381 e. The van der Waals surface area contributed by atoms with Gasteiger partial charge in [-0.3, -0.25) is 14.6 Å². The first-order chi connectivity index (χ1) is 14.0. The van der Waals surface area contributed by atoms with Gasteiger partial charge in [-0.05, 0) is 54.1 Å². The highest BCUT2D eigenvalue weighted by atomic mass is 19.1. The number of aromatic nitrogens is 2. The molecule has 3 N–H and O–H groups in total. The molecule has 7 heteroatoms. The molecule has 1 amide bonds. The van der Waals surface area contributed by atoms with Crippen molar-refractivity contribution in [1.82, 2.24) is 9.55 Å². The van der Waals surface area contributed by atoms with Crippen LogP contribution < -0.4 is 16.5 Å². The third kappa shape index (κ3) is 3.70. The fraction of sp³-hybridized carbons (Fsp3) is 0.0455. The molecule has 0 aliphatic carbocycles. The van der Waals surface area contributed by atoms with Crippen molar-refractivity contribution >= 4 is 22.5 Å². The molecule has 0 aliphatic rings. The molecule has 0 saturated heterocycles. The number of carbonyl (C=O) groups excluding carboxylic acids is 1. The van der Waals surface area contributed by atoms with E-state index in [1.807, 2.05) is 18.2 Å². The van der Waals surface area contributed by atoms with E-state index in [0.29, 0.717) is 28.8 Å². The predicted molar refractivity (Wildman–Crippen MR) is 110 cm³/mol. The molecule has 0 atom stereocenters. The van der Waals surface area contributed by atoms with Gasteiger partial charge in [0.2, 0.25) is 5.43 Å². The van der Waals surface area contributed by atoms with E-state index in [0.717, 1.165) is 5.56 Å². The number of hydrogen-bond donors (Lipinski definition) is 2. The molecular formula is C22H17FN4O2. The third-order valence-corrected chi connectivity index (χ3v) is 4.59. The fourth-order valence-electron chi connectivity index (χ4n) is 3.14. The van der Waals surface area contributed by atoms with Crippen molar-refractivity contribution in [2.24, 2.45) is 5.73 Å². The Morgan fingerprint density at radius 2 is 1.93 bits per heavy atom. The van der Waals surface area contributed by atoms with Crippen LogP contribution in [0.1, 0.15) is 15.9 Å². The Balaban J connectivity index is 1.82. The number of nitrogens with one attached hydrogen (secondary N) is 1. The van der Waals surface area contributed by atoms with Crippen LogP contribution in [0.15, 0.2) is 78.0 Å². The van der Waals surface area contributed by atoms with Gasteiger partial charge in [-0.25, -0.2) is 4.39 Å². The van der Waals surface area contributed by atoms with Crippen molar-refractivity contribution < 1.29 is 9.18 Å². The quantitative estimate of drug-likeness (QED) is 0.549. The Hall–Kier alpha value is -4.00. The molecule has 4 aromatic rings. The van der Waals surface area contributed by atoms with Crippen LogP contribution in [-0.4, -0.2) is 15.5 Å². The van der Waals surface area contributed by atoms with Crippen LogP contribution in [0.2, 0.25) is 0 Å². The minimum atomic E-state index is -0.818. The second-order valence-corrected chi connectivity index (χ2v) is 6.53. The highest BCUT2D eigenvalue weighted by molar-refractivity contribution is 5.97. The van der Waals surface area contributed by atoms with E-state index >= 15 is 0 Å². The zero-order valence-electron chi connectivity index (χ0n) is 15.3. The molecular weight excluding hydrogens is 371 g/mol. The predicted octanol–water partition coefficient (Wildman–Crippen LogP) is 3.24. The molecule has 0 unspecified atom stereocenters. The topological polar surface area (TPSA) is 90.0 Å². The minimum absolute atomic E-state index is 0.133. The first-order valence-corrected chi connectivity index (χ1v) is 8.91. The normalized spacial score (nSPS) is 10.8. The van der Waals surface area contributed by atoms with Gasteiger partial charge in [-0.1, -0.05) is 6.07 Å². The largest absolute Gasteiger partial charge is 0.381 e. The second kappa shape index (κ2) is 7.55. The Morgan fingerprint density at radius 1 is 1.14 bits per heavy atom. The molecule has 0 bridgehead atoms. The smallest absolute Gasteiger partial charge is 0.254 e. The molecule has 0 aliphatic heterocycles. The maximum atomic E-state index is 13.3. The Kier molecular flexibility index (Phi) is 4.78. The van der Waals surface area contributed by atoms with E-state index in [-0.39, 0.29) is 11.4 Å². The van der Waals surface area contributed by atoms with E-state index in [4.69, 9.17) is 5.73 Å². The first kappa shape index (κ1) is 18.4. The number of halogens is 1. The lowest BCUT2D eigenvalue weighted by Crippen LogP contribution is -2.24. The van der Waals surface area contributed by atoms with E-state index in [9.17, 15) is 14.0 Å². The second-order valence-electron chi connectivity index (χ2n) is 6.53. The van der Waals surface area contributed by atoms with Crippen LogP contribution in [0.3, 0.4) is 0 Å². The maximum absolute atomic E-state index is 13.3. The summed E-state index contributed by atoms with van der Waals surface area (Å²) in [4.78, 5) is 28.7. The average molecular weight is 388 g/mol. The van der Waals surface area contributed by atoms with Gasteiger partial charge in [0.15, 0.2) is 0 Å². The third-order valence-electron chi connectivity index (χ3n) is 4.59. The number of amides is 1. The van der Waals surface area contributed by atoms with Crippen molar-refractivity contribution in [1.29, 1.82) is 0 Å². The lowest BCUT2D eigenvalue weighted by Gasteiger charge is -2.14. The monoisotopic (exact) mass is 388 g/mol. The molecule has 0 radical (unpaired) electrons. The summed E-state index contributed by atoms with van der Waals surface area (Å²) in [6.45, 7) is 0.529. The maximum Gasteiger partial charge on any atom is 0.254 e. The number of hydrogen-bond acceptors (Lipinski definition) is 4. The highest BCUT2D eigenvalue weighted by Crippen LogP contribution is 2.22. The Labute approximate surface area is 165 Å². The summed E-state index contributed by atoms with van der Waals surface area (Å²) < 4.78 is 15.0. The zero-order chi connectivity index (χ0) is 20.4. The van der Waals surface area contributed by atoms with Gasteiger partial charge >= 0.3 is 0 Å². The van der Waals surface area contributed by atoms with Gasteiger partial charge in [0.25, 0.3) is 5.91 Å². The van der Waals surface area contributed by atoms with Gasteiger partial charge in [0, 0.05) is 41.9 Å². The van der Waals surface area contributed by atoms with Gasteiger partial charge in [0.05, 0.1) is 5.52 Å². The van der Waals surface area contributed by atoms with Crippen LogP contribution in [0.5, 0.6) is 0 Å². The molecule has 29 heavy (non-hydrogen) atoms. The molecule has 0 fully saturated rings. The summed E-state index contributed by atoms with van der Waals surface area (Å²) in [5.41, 5.74) is 7.72. The summed E-state index contributed by atoms with van der Waals surface area (Å²) in [5, 5.41) is 3.58. The standard InChI is InChI=1S/C22H17FN4O2/c23-15-3-6-17(7-4-15)27-13-19(22(24)29)21(28)18-10-16(5-8-20(18)27)26-12-14-2-1-9-25-11-14/h1-11,13,26H,12H2,(H2,24,29). The number of pyridine rings is 2. The number of nitrogens with two attached hydrogens (primary N) is 1. The van der Waals surface area contributed by atoms with Gasteiger partial charge in [-0.15, -0.1) is 0 Å². The molecule has 0 spiro atoms. The number of nitrogens with zero attached hydrogens (tertiary/aromatic N) is 2. The molecule has 4 rings (SSSR count). The van der Waals surface area contributed by atoms with Gasteiger partial charge in [0.1, 0.15) is 11.4 Å². The van der Waals surface area contributed by atoms with E-state index < -0.39 is 11.3 Å². The summed E-state index contributed by atoms with van der Waals surface area (Å²) in [7, 11) is 0. The van der Waals surface area contributed by atoms with Crippen molar-refractivity contribution in [2.75, 3.05) is 5.32 Å². The first-order valence-electron chi connectivity index (χ1n) is 8.91. The van der Waals surface area contributed by atoms with Crippen molar-refractivity contribution in [3.63, 3.8) is 0 Å². The number of anilines is 1. The molecule has 0 saturated carbocycles. The lowest BCUT2D eigenvalue weighted by atomic mass is 10.1. The Morgan fingerprint density at radius 3 is 2.62 bits per heavy atom.